The molecule has 0 spiro atoms. The number of fused-ring (bicyclic) bond motifs is 1. The van der Waals surface area contributed by atoms with E-state index in [1.165, 1.54) is 0 Å². The van der Waals surface area contributed by atoms with Crippen molar-refractivity contribution in [3.05, 3.63) is 53.1 Å². The van der Waals surface area contributed by atoms with Crippen LogP contribution in [0.25, 0.3) is 0 Å². The molecule has 1 N–H and O–H groups in total. The number of sulfonamides is 1. The number of nitrogens with one attached hydrogen (secondary N) is 1. The molecule has 0 aliphatic carbocycles. The van der Waals surface area contributed by atoms with Gasteiger partial charge in [0, 0.05) is 12.6 Å². The van der Waals surface area contributed by atoms with E-state index in [1.54, 1.807) is 23.1 Å². The highest BCUT2D eigenvalue weighted by Gasteiger charge is 2.37. The number of hydrogen-bond acceptors (Lipinski definition) is 4. The second kappa shape index (κ2) is 8.30. The van der Waals surface area contributed by atoms with Gasteiger partial charge in [0.2, 0.25) is 15.9 Å². The smallest absolute Gasteiger partial charge is 0.236 e. The van der Waals surface area contributed by atoms with Gasteiger partial charge in [-0.2, -0.15) is 0 Å². The fourth-order valence-corrected chi connectivity index (χ4v) is 4.81. The molecule has 0 radical (unpaired) electrons. The van der Waals surface area contributed by atoms with Crippen LogP contribution in [0.3, 0.4) is 0 Å². The fourth-order valence-electron chi connectivity index (χ4n) is 3.53. The zero-order chi connectivity index (χ0) is 22.1. The number of carbonyl (C=O) groups is 1. The minimum absolute atomic E-state index is 0.00588. The van der Waals surface area contributed by atoms with Crippen molar-refractivity contribution >= 4 is 27.3 Å². The Kier molecular flexibility index (Phi) is 6.13. The minimum Gasteiger partial charge on any atom is -0.490 e. The van der Waals surface area contributed by atoms with Crippen LogP contribution < -0.4 is 14.4 Å². The summed E-state index contributed by atoms with van der Waals surface area (Å²) in [5, 5.41) is 0. The molecule has 2 aromatic rings. The lowest BCUT2D eigenvalue weighted by molar-refractivity contribution is -0.127. The molecule has 0 unspecified atom stereocenters. The van der Waals surface area contributed by atoms with E-state index in [0.717, 1.165) is 23.1 Å². The number of benzene rings is 2. The summed E-state index contributed by atoms with van der Waals surface area (Å²) in [4.78, 5) is 14.7. The van der Waals surface area contributed by atoms with Gasteiger partial charge in [0.05, 0.1) is 22.5 Å². The van der Waals surface area contributed by atoms with Gasteiger partial charge in [-0.15, -0.1) is 0 Å². The van der Waals surface area contributed by atoms with Crippen LogP contribution in [0, 0.1) is 19.3 Å². The highest BCUT2D eigenvalue weighted by atomic mass is 32.2. The van der Waals surface area contributed by atoms with Gasteiger partial charge >= 0.3 is 0 Å². The van der Waals surface area contributed by atoms with E-state index < -0.39 is 15.4 Å². The Hall–Kier alpha value is -2.54. The molecule has 0 saturated carbocycles. The van der Waals surface area contributed by atoms with E-state index in [-0.39, 0.29) is 18.3 Å². The average molecular weight is 431 g/mol. The quantitative estimate of drug-likeness (QED) is 0.737. The SMILES string of the molecule is CCCN1C(=O)C(C)(C)COc2cc(NS(=O)(=O)Cc3cc(C)ccc3C)ccc21. The van der Waals surface area contributed by atoms with Crippen LogP contribution >= 0.6 is 0 Å². The zero-order valence-electron chi connectivity index (χ0n) is 18.3. The summed E-state index contributed by atoms with van der Waals surface area (Å²) >= 11 is 0. The largest absolute Gasteiger partial charge is 0.490 e. The number of ether oxygens (including phenoxy) is 1. The van der Waals surface area contributed by atoms with Gasteiger partial charge in [-0.25, -0.2) is 8.42 Å². The Morgan fingerprint density at radius 3 is 2.57 bits per heavy atom. The van der Waals surface area contributed by atoms with Crippen LogP contribution in [0.15, 0.2) is 36.4 Å². The molecule has 1 aliphatic heterocycles. The lowest BCUT2D eigenvalue weighted by atomic mass is 9.93. The highest BCUT2D eigenvalue weighted by Crippen LogP contribution is 2.38. The second-order valence-electron chi connectivity index (χ2n) is 8.60. The van der Waals surface area contributed by atoms with Crippen molar-refractivity contribution in [3.63, 3.8) is 0 Å². The standard InChI is InChI=1S/C23H30N2O4S/c1-6-11-25-20-10-9-19(13-21(20)29-15-23(4,5)22(25)26)24-30(27,28)14-18-12-16(2)7-8-17(18)3/h7-10,12-13,24H,6,11,14-15H2,1-5H3. The lowest BCUT2D eigenvalue weighted by Crippen LogP contribution is -2.42. The Bertz CT molecular complexity index is 1060. The van der Waals surface area contributed by atoms with Gasteiger partial charge in [-0.3, -0.25) is 9.52 Å². The van der Waals surface area contributed by atoms with Gasteiger partial charge in [0.15, 0.2) is 0 Å². The van der Waals surface area contributed by atoms with Crippen molar-refractivity contribution in [2.75, 3.05) is 22.8 Å². The molecule has 0 atom stereocenters. The summed E-state index contributed by atoms with van der Waals surface area (Å²) < 4.78 is 34.1. The molecular formula is C23H30N2O4S. The first-order chi connectivity index (χ1) is 14.0. The minimum atomic E-state index is -3.61. The first-order valence-corrected chi connectivity index (χ1v) is 11.8. The number of nitrogens with zero attached hydrogens (tertiary/aromatic N) is 1. The van der Waals surface area contributed by atoms with Crippen LogP contribution in [-0.2, 0) is 20.6 Å². The molecule has 1 aliphatic rings. The third kappa shape index (κ3) is 4.78. The van der Waals surface area contributed by atoms with Crippen LogP contribution in [0.1, 0.15) is 43.9 Å². The number of hydrogen-bond donors (Lipinski definition) is 1. The molecule has 1 amide bonds. The maximum absolute atomic E-state index is 12.9. The van der Waals surface area contributed by atoms with Gasteiger partial charge in [-0.1, -0.05) is 30.7 Å². The van der Waals surface area contributed by atoms with Crippen molar-refractivity contribution in [2.45, 2.75) is 46.8 Å². The van der Waals surface area contributed by atoms with Gasteiger partial charge < -0.3 is 9.64 Å². The predicted octanol–water partition coefficient (Wildman–Crippen LogP) is 4.41. The monoisotopic (exact) mass is 430 g/mol. The molecule has 0 fully saturated rings. The van der Waals surface area contributed by atoms with Crippen LogP contribution in [-0.4, -0.2) is 27.5 Å². The lowest BCUT2D eigenvalue weighted by Gasteiger charge is -2.27. The molecule has 30 heavy (non-hydrogen) atoms. The Morgan fingerprint density at radius 1 is 1.13 bits per heavy atom. The molecule has 162 valence electrons. The van der Waals surface area contributed by atoms with E-state index in [2.05, 4.69) is 4.72 Å². The Morgan fingerprint density at radius 2 is 1.87 bits per heavy atom. The van der Waals surface area contributed by atoms with Crippen molar-refractivity contribution < 1.29 is 17.9 Å². The van der Waals surface area contributed by atoms with Gasteiger partial charge in [0.25, 0.3) is 0 Å². The molecule has 1 heterocycles. The molecular weight excluding hydrogens is 400 g/mol. The third-order valence-corrected chi connectivity index (χ3v) is 6.47. The van der Waals surface area contributed by atoms with Crippen LogP contribution in [0.4, 0.5) is 11.4 Å². The van der Waals surface area contributed by atoms with E-state index in [4.69, 9.17) is 4.74 Å². The van der Waals surface area contributed by atoms with Crippen LogP contribution in [0.2, 0.25) is 0 Å². The first kappa shape index (κ1) is 22.2. The predicted molar refractivity (Wildman–Crippen MR) is 121 cm³/mol. The maximum Gasteiger partial charge on any atom is 0.236 e. The van der Waals surface area contributed by atoms with Crippen LogP contribution in [0.5, 0.6) is 5.75 Å². The molecule has 0 saturated heterocycles. The fraction of sp³-hybridized carbons (Fsp3) is 0.435. The summed E-state index contributed by atoms with van der Waals surface area (Å²) in [5.41, 5.74) is 3.17. The number of anilines is 2. The van der Waals surface area contributed by atoms with E-state index in [0.29, 0.717) is 23.7 Å². The summed E-state index contributed by atoms with van der Waals surface area (Å²) in [7, 11) is -3.61. The van der Waals surface area contributed by atoms with Gasteiger partial charge in [-0.05, 0) is 57.4 Å². The molecule has 0 aromatic heterocycles. The summed E-state index contributed by atoms with van der Waals surface area (Å²) in [5.74, 6) is 0.409. The number of aryl methyl sites for hydroxylation is 2. The number of amides is 1. The van der Waals surface area contributed by atoms with Crippen molar-refractivity contribution in [1.29, 1.82) is 0 Å². The summed E-state index contributed by atoms with van der Waals surface area (Å²) in [6.45, 7) is 10.4. The van der Waals surface area contributed by atoms with Crippen molar-refractivity contribution in [2.24, 2.45) is 5.41 Å². The molecule has 2 aromatic carbocycles. The third-order valence-electron chi connectivity index (χ3n) is 5.23. The average Bonchev–Trinajstić information content (AvgIpc) is 2.75. The van der Waals surface area contributed by atoms with Gasteiger partial charge in [0.1, 0.15) is 12.4 Å². The maximum atomic E-state index is 12.9. The number of carbonyl (C=O) groups excluding carboxylic acids is 1. The van der Waals surface area contributed by atoms with E-state index >= 15 is 0 Å². The molecule has 7 heteroatoms. The summed E-state index contributed by atoms with van der Waals surface area (Å²) in [6, 6.07) is 10.9. The van der Waals surface area contributed by atoms with E-state index in [1.807, 2.05) is 52.8 Å². The second-order valence-corrected chi connectivity index (χ2v) is 10.3. The number of rotatable bonds is 6. The topological polar surface area (TPSA) is 75.7 Å². The Balaban J connectivity index is 1.88. The zero-order valence-corrected chi connectivity index (χ0v) is 19.1. The molecule has 6 nitrogen and oxygen atoms in total. The van der Waals surface area contributed by atoms with E-state index in [9.17, 15) is 13.2 Å². The first-order valence-electron chi connectivity index (χ1n) is 10.2. The summed E-state index contributed by atoms with van der Waals surface area (Å²) in [6.07, 6.45) is 0.811. The highest BCUT2D eigenvalue weighted by molar-refractivity contribution is 7.91. The Labute approximate surface area is 179 Å². The molecule has 3 rings (SSSR count). The molecule has 0 bridgehead atoms. The van der Waals surface area contributed by atoms with Crippen molar-refractivity contribution in [1.82, 2.24) is 0 Å². The van der Waals surface area contributed by atoms with Crippen molar-refractivity contribution in [3.8, 4) is 5.75 Å². The normalized spacial score (nSPS) is 15.9.